The Morgan fingerprint density at radius 3 is 2.19 bits per heavy atom. The van der Waals surface area contributed by atoms with Gasteiger partial charge in [-0.25, -0.2) is 0 Å². The van der Waals surface area contributed by atoms with E-state index in [4.69, 9.17) is 14.2 Å². The van der Waals surface area contributed by atoms with E-state index in [2.05, 4.69) is 28.0 Å². The fraction of sp³-hybridized carbons (Fsp3) is 0.636. The number of rotatable bonds is 7. The van der Waals surface area contributed by atoms with Gasteiger partial charge in [0.05, 0.1) is 21.3 Å². The van der Waals surface area contributed by atoms with Crippen molar-refractivity contribution in [1.82, 2.24) is 9.80 Å². The van der Waals surface area contributed by atoms with Crippen molar-refractivity contribution >= 4 is 0 Å². The van der Waals surface area contributed by atoms with Gasteiger partial charge in [-0.1, -0.05) is 18.2 Å². The van der Waals surface area contributed by atoms with E-state index in [0.717, 1.165) is 61.8 Å². The molecule has 2 fully saturated rings. The van der Waals surface area contributed by atoms with Crippen LogP contribution >= 0.6 is 0 Å². The van der Waals surface area contributed by atoms with Gasteiger partial charge in [0, 0.05) is 44.8 Å². The van der Waals surface area contributed by atoms with Crippen LogP contribution < -0.4 is 14.2 Å². The molecule has 27 heavy (non-hydrogen) atoms. The Bertz CT molecular complexity index is 682. The van der Waals surface area contributed by atoms with Crippen LogP contribution in [0.25, 0.3) is 0 Å². The number of benzene rings is 1. The van der Waals surface area contributed by atoms with Gasteiger partial charge in [0.2, 0.25) is 5.75 Å². The van der Waals surface area contributed by atoms with Crippen LogP contribution in [0.15, 0.2) is 24.3 Å². The summed E-state index contributed by atoms with van der Waals surface area (Å²) in [4.78, 5) is 5.18. The van der Waals surface area contributed by atoms with E-state index in [1.54, 1.807) is 21.3 Å². The highest BCUT2D eigenvalue weighted by atomic mass is 16.5. The molecule has 3 atom stereocenters. The third-order valence-corrected chi connectivity index (χ3v) is 6.55. The third kappa shape index (κ3) is 3.81. The van der Waals surface area contributed by atoms with Crippen molar-refractivity contribution in [3.05, 3.63) is 29.8 Å². The highest BCUT2D eigenvalue weighted by Crippen LogP contribution is 2.44. The number of hydrogen-bond donors (Lipinski definition) is 0. The Kier molecular flexibility index (Phi) is 5.60. The first-order valence-electron chi connectivity index (χ1n) is 10.1. The van der Waals surface area contributed by atoms with Gasteiger partial charge in [-0.15, -0.1) is 0 Å². The normalized spacial score (nSPS) is 27.9. The van der Waals surface area contributed by atoms with E-state index in [9.17, 15) is 0 Å². The highest BCUT2D eigenvalue weighted by Gasteiger charge is 2.36. The minimum Gasteiger partial charge on any atom is -0.493 e. The summed E-state index contributed by atoms with van der Waals surface area (Å²) >= 11 is 0. The number of methoxy groups -OCH3 is 3. The molecule has 3 unspecified atom stereocenters. The molecule has 1 heterocycles. The lowest BCUT2D eigenvalue weighted by atomic mass is 9.93. The Hall–Kier alpha value is -1.72. The van der Waals surface area contributed by atoms with Crippen LogP contribution in [0.2, 0.25) is 0 Å². The molecule has 1 aromatic carbocycles. The van der Waals surface area contributed by atoms with Crippen molar-refractivity contribution in [3.8, 4) is 17.2 Å². The molecule has 0 radical (unpaired) electrons. The first-order valence-corrected chi connectivity index (χ1v) is 10.1. The van der Waals surface area contributed by atoms with Crippen LogP contribution in [0.5, 0.6) is 17.2 Å². The molecule has 0 spiro atoms. The second-order valence-corrected chi connectivity index (χ2v) is 8.11. The lowest BCUT2D eigenvalue weighted by Gasteiger charge is -2.37. The van der Waals surface area contributed by atoms with Crippen LogP contribution in [-0.2, 0) is 6.54 Å². The molecule has 1 aromatic rings. The average Bonchev–Trinajstić information content (AvgIpc) is 3.32. The molecule has 3 aliphatic rings. The van der Waals surface area contributed by atoms with Gasteiger partial charge in [-0.2, -0.15) is 0 Å². The van der Waals surface area contributed by atoms with Gasteiger partial charge < -0.3 is 19.1 Å². The predicted molar refractivity (Wildman–Crippen MR) is 107 cm³/mol. The molecule has 148 valence electrons. The predicted octanol–water partition coefficient (Wildman–Crippen LogP) is 3.04. The van der Waals surface area contributed by atoms with Crippen LogP contribution in [-0.4, -0.2) is 63.9 Å². The van der Waals surface area contributed by atoms with Gasteiger partial charge in [0.15, 0.2) is 11.5 Å². The molecule has 1 saturated heterocycles. The number of fused-ring (bicyclic) bond motifs is 2. The summed E-state index contributed by atoms with van der Waals surface area (Å²) in [6, 6.07) is 4.06. The number of ether oxygens (including phenoxy) is 3. The van der Waals surface area contributed by atoms with Gasteiger partial charge in [0.1, 0.15) is 0 Å². The zero-order chi connectivity index (χ0) is 18.8. The number of allylic oxidation sites excluding steroid dienone is 2. The summed E-state index contributed by atoms with van der Waals surface area (Å²) in [5, 5.41) is 0. The summed E-state index contributed by atoms with van der Waals surface area (Å²) in [7, 11) is 5.01. The molecular formula is C22H32N2O3. The lowest BCUT2D eigenvalue weighted by molar-refractivity contribution is 0.108. The minimum absolute atomic E-state index is 0.681. The number of hydrogen-bond acceptors (Lipinski definition) is 5. The van der Waals surface area contributed by atoms with Crippen molar-refractivity contribution in [1.29, 1.82) is 0 Å². The number of piperazine rings is 1. The van der Waals surface area contributed by atoms with E-state index in [1.807, 2.05) is 6.07 Å². The maximum Gasteiger partial charge on any atom is 0.203 e. The second kappa shape index (κ2) is 8.11. The molecule has 0 amide bonds. The smallest absolute Gasteiger partial charge is 0.203 e. The topological polar surface area (TPSA) is 34.2 Å². The Morgan fingerprint density at radius 2 is 1.59 bits per heavy atom. The van der Waals surface area contributed by atoms with Crippen molar-refractivity contribution < 1.29 is 14.2 Å². The minimum atomic E-state index is 0.681. The van der Waals surface area contributed by atoms with Gasteiger partial charge in [-0.05, 0) is 36.7 Å². The van der Waals surface area contributed by atoms with Crippen molar-refractivity contribution in [2.45, 2.75) is 19.4 Å². The van der Waals surface area contributed by atoms with E-state index in [1.165, 1.54) is 19.4 Å². The van der Waals surface area contributed by atoms with E-state index < -0.39 is 0 Å². The Labute approximate surface area is 162 Å². The maximum atomic E-state index is 5.64. The van der Waals surface area contributed by atoms with Crippen LogP contribution in [0.1, 0.15) is 18.4 Å². The summed E-state index contributed by atoms with van der Waals surface area (Å²) < 4.78 is 16.6. The van der Waals surface area contributed by atoms with Crippen LogP contribution in [0.4, 0.5) is 0 Å². The summed E-state index contributed by atoms with van der Waals surface area (Å²) in [5.74, 6) is 4.79. The molecule has 5 nitrogen and oxygen atoms in total. The molecular weight excluding hydrogens is 340 g/mol. The monoisotopic (exact) mass is 372 g/mol. The van der Waals surface area contributed by atoms with Crippen molar-refractivity contribution in [2.75, 3.05) is 54.1 Å². The fourth-order valence-corrected chi connectivity index (χ4v) is 5.09. The van der Waals surface area contributed by atoms with Crippen LogP contribution in [0, 0.1) is 17.8 Å². The molecule has 4 rings (SSSR count). The van der Waals surface area contributed by atoms with E-state index in [-0.39, 0.29) is 0 Å². The second-order valence-electron chi connectivity index (χ2n) is 8.11. The van der Waals surface area contributed by atoms with E-state index in [0.29, 0.717) is 11.5 Å². The largest absolute Gasteiger partial charge is 0.493 e. The Morgan fingerprint density at radius 1 is 0.852 bits per heavy atom. The molecule has 0 aromatic heterocycles. The molecule has 5 heteroatoms. The lowest BCUT2D eigenvalue weighted by Crippen LogP contribution is -2.47. The Balaban J connectivity index is 1.33. The zero-order valence-electron chi connectivity index (χ0n) is 16.8. The molecule has 2 aliphatic carbocycles. The molecule has 1 aliphatic heterocycles. The van der Waals surface area contributed by atoms with Crippen LogP contribution in [0.3, 0.4) is 0 Å². The van der Waals surface area contributed by atoms with E-state index >= 15 is 0 Å². The highest BCUT2D eigenvalue weighted by molar-refractivity contribution is 5.55. The quantitative estimate of drug-likeness (QED) is 0.687. The number of nitrogens with zero attached hydrogens (tertiary/aromatic N) is 2. The molecule has 1 saturated carbocycles. The average molecular weight is 373 g/mol. The zero-order valence-corrected chi connectivity index (χ0v) is 16.8. The maximum absolute atomic E-state index is 5.64. The first-order chi connectivity index (χ1) is 13.2. The summed E-state index contributed by atoms with van der Waals surface area (Å²) in [6.07, 6.45) is 7.72. The standard InChI is InChI=1S/C22H32N2O3/c1-25-20-7-6-18(21(26-2)22(20)27-3)14-23-8-10-24(11-9-23)15-19-13-16-4-5-17(19)12-16/h4-7,16-17,19H,8-15H2,1-3H3. The summed E-state index contributed by atoms with van der Waals surface area (Å²) in [6.45, 7) is 6.69. The SMILES string of the molecule is COc1ccc(CN2CCN(CC3CC4C=CC3C4)CC2)c(OC)c1OC. The summed E-state index contributed by atoms with van der Waals surface area (Å²) in [5.41, 5.74) is 1.15. The van der Waals surface area contributed by atoms with Crippen molar-refractivity contribution in [3.63, 3.8) is 0 Å². The van der Waals surface area contributed by atoms with Gasteiger partial charge in [0.25, 0.3) is 0 Å². The molecule has 2 bridgehead atoms. The fourth-order valence-electron chi connectivity index (χ4n) is 5.09. The third-order valence-electron chi connectivity index (χ3n) is 6.55. The molecule has 0 N–H and O–H groups in total. The van der Waals surface area contributed by atoms with Gasteiger partial charge >= 0.3 is 0 Å². The first kappa shape index (κ1) is 18.6. The van der Waals surface area contributed by atoms with Gasteiger partial charge in [-0.3, -0.25) is 4.90 Å². The van der Waals surface area contributed by atoms with Crippen molar-refractivity contribution in [2.24, 2.45) is 17.8 Å².